The molecule has 4 aromatic rings. The molecular weight excluding hydrogens is 393 g/mol. The molecule has 148 valence electrons. The molecule has 3 aromatic carbocycles. The van der Waals surface area contributed by atoms with E-state index in [2.05, 4.69) is 10.6 Å². The molecule has 0 radical (unpaired) electrons. The van der Waals surface area contributed by atoms with Crippen LogP contribution in [0.25, 0.3) is 22.4 Å². The molecule has 1 amide bonds. The van der Waals surface area contributed by atoms with E-state index in [1.165, 1.54) is 6.07 Å². The number of carbonyl (C=O) groups excluding carboxylic acids is 1. The maximum Gasteiger partial charge on any atom is 0.418 e. The van der Waals surface area contributed by atoms with Crippen LogP contribution in [0.4, 0.5) is 24.5 Å². The van der Waals surface area contributed by atoms with E-state index < -0.39 is 23.3 Å². The summed E-state index contributed by atoms with van der Waals surface area (Å²) in [4.78, 5) is 18.1. The Hall–Kier alpha value is -3.81. The van der Waals surface area contributed by atoms with E-state index in [4.69, 9.17) is 4.98 Å². The Morgan fingerprint density at radius 3 is 2.53 bits per heavy atom. The molecule has 2 N–H and O–H groups in total. The van der Waals surface area contributed by atoms with Gasteiger partial charge in [-0.05, 0) is 30.3 Å². The summed E-state index contributed by atoms with van der Waals surface area (Å²) in [5.74, 6) is -0.0703. The summed E-state index contributed by atoms with van der Waals surface area (Å²) >= 11 is 0. The summed E-state index contributed by atoms with van der Waals surface area (Å²) in [7, 11) is 0. The van der Waals surface area contributed by atoms with Gasteiger partial charge in [0.25, 0.3) is 5.91 Å². The molecular formula is C22H13F3N4O. The van der Waals surface area contributed by atoms with Crippen LogP contribution in [0, 0.1) is 0 Å². The molecule has 6 rings (SSSR count). The summed E-state index contributed by atoms with van der Waals surface area (Å²) < 4.78 is 42.7. The Morgan fingerprint density at radius 2 is 1.70 bits per heavy atom. The van der Waals surface area contributed by atoms with Gasteiger partial charge in [-0.2, -0.15) is 13.2 Å². The smallest absolute Gasteiger partial charge is 0.350 e. The maximum absolute atomic E-state index is 13.7. The standard InChI is InChI=1S/C22H13F3N4O/c23-22(24,25)14-8-5-7-13-18(14)27-20(30)21(13)28-15-9-2-1-6-12(15)19-26-16-10-3-4-11-17(16)29(19)21/h1-11,28H,(H,27,30). The van der Waals surface area contributed by atoms with Crippen molar-refractivity contribution in [1.29, 1.82) is 0 Å². The Morgan fingerprint density at radius 1 is 0.933 bits per heavy atom. The predicted molar refractivity (Wildman–Crippen MR) is 106 cm³/mol. The Bertz CT molecular complexity index is 1370. The first-order valence-electron chi connectivity index (χ1n) is 9.29. The number of amides is 1. The molecule has 1 aromatic heterocycles. The van der Waals surface area contributed by atoms with Crippen LogP contribution in [0.1, 0.15) is 11.1 Å². The number of carbonyl (C=O) groups is 1. The Labute approximate surface area is 168 Å². The van der Waals surface area contributed by atoms with E-state index in [1.807, 2.05) is 36.4 Å². The Balaban J connectivity index is 1.76. The number of alkyl halides is 3. The molecule has 5 nitrogen and oxygen atoms in total. The lowest BCUT2D eigenvalue weighted by atomic mass is 9.94. The lowest BCUT2D eigenvalue weighted by molar-refractivity contribution is -0.136. The van der Waals surface area contributed by atoms with Crippen molar-refractivity contribution in [3.63, 3.8) is 0 Å². The summed E-state index contributed by atoms with van der Waals surface area (Å²) in [6.07, 6.45) is -4.60. The number of imidazole rings is 1. The van der Waals surface area contributed by atoms with Crippen molar-refractivity contribution in [2.45, 2.75) is 11.8 Å². The molecule has 0 saturated carbocycles. The van der Waals surface area contributed by atoms with E-state index in [0.29, 0.717) is 22.5 Å². The third-order valence-electron chi connectivity index (χ3n) is 5.71. The molecule has 0 fully saturated rings. The predicted octanol–water partition coefficient (Wildman–Crippen LogP) is 4.80. The van der Waals surface area contributed by atoms with Gasteiger partial charge in [0.1, 0.15) is 5.82 Å². The van der Waals surface area contributed by atoms with Gasteiger partial charge in [-0.1, -0.05) is 36.4 Å². The highest BCUT2D eigenvalue weighted by atomic mass is 19.4. The van der Waals surface area contributed by atoms with Crippen molar-refractivity contribution in [2.24, 2.45) is 0 Å². The van der Waals surface area contributed by atoms with Crippen LogP contribution in [0.2, 0.25) is 0 Å². The van der Waals surface area contributed by atoms with Crippen molar-refractivity contribution >= 4 is 28.3 Å². The molecule has 0 bridgehead atoms. The number of rotatable bonds is 0. The fourth-order valence-corrected chi connectivity index (χ4v) is 4.48. The number of hydrogen-bond acceptors (Lipinski definition) is 3. The quantitative estimate of drug-likeness (QED) is 0.441. The number of benzene rings is 3. The highest BCUT2D eigenvalue weighted by Crippen LogP contribution is 2.51. The molecule has 1 spiro atoms. The van der Waals surface area contributed by atoms with Crippen molar-refractivity contribution in [3.8, 4) is 11.4 Å². The number of halogens is 3. The number of hydrogen-bond donors (Lipinski definition) is 2. The fourth-order valence-electron chi connectivity index (χ4n) is 4.48. The van der Waals surface area contributed by atoms with Crippen LogP contribution < -0.4 is 10.6 Å². The lowest BCUT2D eigenvalue weighted by Crippen LogP contribution is -2.50. The van der Waals surface area contributed by atoms with Gasteiger partial charge in [-0.15, -0.1) is 0 Å². The largest absolute Gasteiger partial charge is 0.418 e. The second-order valence-electron chi connectivity index (χ2n) is 7.32. The zero-order chi connectivity index (χ0) is 20.7. The normalized spacial score (nSPS) is 19.2. The first-order chi connectivity index (χ1) is 14.4. The van der Waals surface area contributed by atoms with E-state index in [1.54, 1.807) is 22.8 Å². The second-order valence-corrected chi connectivity index (χ2v) is 7.32. The van der Waals surface area contributed by atoms with Gasteiger partial charge in [0, 0.05) is 16.8 Å². The second kappa shape index (κ2) is 5.41. The van der Waals surface area contributed by atoms with Crippen molar-refractivity contribution < 1.29 is 18.0 Å². The van der Waals surface area contributed by atoms with E-state index in [9.17, 15) is 18.0 Å². The first kappa shape index (κ1) is 17.1. The zero-order valence-electron chi connectivity index (χ0n) is 15.3. The van der Waals surface area contributed by atoms with E-state index in [-0.39, 0.29) is 11.3 Å². The molecule has 2 aliphatic rings. The molecule has 30 heavy (non-hydrogen) atoms. The average molecular weight is 406 g/mol. The number of nitrogens with zero attached hydrogens (tertiary/aromatic N) is 2. The van der Waals surface area contributed by atoms with Crippen molar-refractivity contribution in [2.75, 3.05) is 10.6 Å². The number of anilines is 2. The maximum atomic E-state index is 13.7. The summed E-state index contributed by atoms with van der Waals surface area (Å²) in [6.45, 7) is 0. The van der Waals surface area contributed by atoms with Crippen LogP contribution in [0.5, 0.6) is 0 Å². The first-order valence-corrected chi connectivity index (χ1v) is 9.29. The Kier molecular flexibility index (Phi) is 3.08. The summed E-state index contributed by atoms with van der Waals surface area (Å²) in [5.41, 5.74) is 0.210. The zero-order valence-corrected chi connectivity index (χ0v) is 15.3. The van der Waals surface area contributed by atoms with Gasteiger partial charge in [0.15, 0.2) is 0 Å². The monoisotopic (exact) mass is 406 g/mol. The highest BCUT2D eigenvalue weighted by molar-refractivity contribution is 6.11. The summed E-state index contributed by atoms with van der Waals surface area (Å²) in [5, 5.41) is 5.72. The minimum Gasteiger partial charge on any atom is -0.350 e. The third kappa shape index (κ3) is 1.97. The number of aromatic nitrogens is 2. The number of fused-ring (bicyclic) bond motifs is 8. The molecule has 0 aliphatic carbocycles. The third-order valence-corrected chi connectivity index (χ3v) is 5.71. The van der Waals surface area contributed by atoms with Crippen LogP contribution in [-0.2, 0) is 16.6 Å². The number of para-hydroxylation sites is 4. The topological polar surface area (TPSA) is 59.0 Å². The molecule has 1 atom stereocenters. The molecule has 0 saturated heterocycles. The van der Waals surface area contributed by atoms with Gasteiger partial charge >= 0.3 is 6.18 Å². The van der Waals surface area contributed by atoms with Crippen LogP contribution in [-0.4, -0.2) is 15.5 Å². The molecule has 2 aliphatic heterocycles. The van der Waals surface area contributed by atoms with Crippen LogP contribution in [0.15, 0.2) is 66.7 Å². The fraction of sp³-hybridized carbons (Fsp3) is 0.0909. The minimum absolute atomic E-state index is 0.209. The van der Waals surface area contributed by atoms with E-state index in [0.717, 1.165) is 11.6 Å². The molecule has 8 heteroatoms. The number of nitrogens with one attached hydrogen (secondary N) is 2. The average Bonchev–Trinajstić information content (AvgIpc) is 3.24. The van der Waals surface area contributed by atoms with Gasteiger partial charge in [0.2, 0.25) is 5.66 Å². The van der Waals surface area contributed by atoms with E-state index >= 15 is 0 Å². The van der Waals surface area contributed by atoms with Gasteiger partial charge in [0.05, 0.1) is 22.3 Å². The van der Waals surface area contributed by atoms with Gasteiger partial charge in [-0.3, -0.25) is 9.36 Å². The molecule has 3 heterocycles. The highest BCUT2D eigenvalue weighted by Gasteiger charge is 2.55. The van der Waals surface area contributed by atoms with Gasteiger partial charge < -0.3 is 10.6 Å². The van der Waals surface area contributed by atoms with Crippen molar-refractivity contribution in [3.05, 3.63) is 77.9 Å². The summed E-state index contributed by atoms with van der Waals surface area (Å²) in [6, 6.07) is 18.4. The van der Waals surface area contributed by atoms with Crippen molar-refractivity contribution in [1.82, 2.24) is 9.55 Å². The molecule has 1 unspecified atom stereocenters. The minimum atomic E-state index is -4.60. The van der Waals surface area contributed by atoms with Crippen LogP contribution >= 0.6 is 0 Å². The lowest BCUT2D eigenvalue weighted by Gasteiger charge is -2.37. The SMILES string of the molecule is O=C1Nc2c(C(F)(F)F)cccc2C12Nc1ccccc1-c1nc3ccccc3n12. The van der Waals surface area contributed by atoms with Crippen LogP contribution in [0.3, 0.4) is 0 Å². The van der Waals surface area contributed by atoms with Gasteiger partial charge in [-0.25, -0.2) is 4.98 Å².